The predicted molar refractivity (Wildman–Crippen MR) is 145 cm³/mol. The largest absolute Gasteiger partial charge is 0.481 e. The summed E-state index contributed by atoms with van der Waals surface area (Å²) in [7, 11) is 0. The number of amides is 1. The molecule has 2 unspecified atom stereocenters. The van der Waals surface area contributed by atoms with Crippen molar-refractivity contribution in [3.8, 4) is 0 Å². The van der Waals surface area contributed by atoms with Gasteiger partial charge in [-0.2, -0.15) is 0 Å². The zero-order valence-corrected chi connectivity index (χ0v) is 22.1. The van der Waals surface area contributed by atoms with Crippen molar-refractivity contribution in [2.24, 2.45) is 5.92 Å². The molecule has 3 aromatic rings. The fourth-order valence-corrected chi connectivity index (χ4v) is 5.12. The van der Waals surface area contributed by atoms with E-state index < -0.39 is 41.8 Å². The molecule has 0 saturated heterocycles. The average molecular weight is 572 g/mol. The van der Waals surface area contributed by atoms with Gasteiger partial charge < -0.3 is 26.2 Å². The van der Waals surface area contributed by atoms with Crippen molar-refractivity contribution in [3.05, 3.63) is 99.1 Å². The van der Waals surface area contributed by atoms with Crippen molar-refractivity contribution >= 4 is 35.1 Å². The van der Waals surface area contributed by atoms with E-state index in [9.17, 15) is 33.4 Å². The third-order valence-corrected chi connectivity index (χ3v) is 7.25. The Kier molecular flexibility index (Phi) is 9.34. The first-order valence-electron chi connectivity index (χ1n) is 12.7. The van der Waals surface area contributed by atoms with Gasteiger partial charge in [0, 0.05) is 31.1 Å². The van der Waals surface area contributed by atoms with E-state index in [4.69, 9.17) is 11.6 Å². The van der Waals surface area contributed by atoms with Crippen molar-refractivity contribution in [2.75, 3.05) is 18.4 Å². The summed E-state index contributed by atoms with van der Waals surface area (Å²) in [5, 5.41) is 28.7. The van der Waals surface area contributed by atoms with Crippen LogP contribution in [0.5, 0.6) is 0 Å². The highest BCUT2D eigenvalue weighted by atomic mass is 35.5. The van der Waals surface area contributed by atoms with Crippen LogP contribution in [0.2, 0.25) is 5.02 Å². The lowest BCUT2D eigenvalue weighted by molar-refractivity contribution is -0.149. The third kappa shape index (κ3) is 6.94. The number of anilines is 1. The highest BCUT2D eigenvalue weighted by molar-refractivity contribution is 6.33. The van der Waals surface area contributed by atoms with Gasteiger partial charge in [0.05, 0.1) is 23.0 Å². The molecule has 8 nitrogen and oxygen atoms in total. The minimum atomic E-state index is -1.17. The Morgan fingerprint density at radius 1 is 0.975 bits per heavy atom. The molecule has 0 bridgehead atoms. The number of hydrogen-bond donors (Lipinski definition) is 5. The summed E-state index contributed by atoms with van der Waals surface area (Å²) in [6.45, 7) is 1.31. The molecule has 4 rings (SSSR count). The summed E-state index contributed by atoms with van der Waals surface area (Å²) in [6, 6.07) is 13.7. The Morgan fingerprint density at radius 3 is 2.38 bits per heavy atom. The topological polar surface area (TPSA) is 128 Å². The van der Waals surface area contributed by atoms with Crippen molar-refractivity contribution in [1.82, 2.24) is 10.6 Å². The molecule has 40 heavy (non-hydrogen) atoms. The van der Waals surface area contributed by atoms with Crippen LogP contribution in [0.3, 0.4) is 0 Å². The summed E-state index contributed by atoms with van der Waals surface area (Å²) in [4.78, 5) is 35.8. The van der Waals surface area contributed by atoms with Gasteiger partial charge in [0.1, 0.15) is 0 Å². The van der Waals surface area contributed by atoms with E-state index in [1.807, 2.05) is 0 Å². The molecule has 0 saturated carbocycles. The number of benzene rings is 3. The number of aliphatic carboxylic acids is 2. The van der Waals surface area contributed by atoms with Gasteiger partial charge >= 0.3 is 11.9 Å². The van der Waals surface area contributed by atoms with E-state index in [1.54, 1.807) is 36.4 Å². The van der Waals surface area contributed by atoms with E-state index in [1.165, 1.54) is 6.07 Å². The van der Waals surface area contributed by atoms with Gasteiger partial charge in [-0.25, -0.2) is 8.78 Å². The van der Waals surface area contributed by atoms with Gasteiger partial charge in [-0.3, -0.25) is 14.4 Å². The fourth-order valence-electron chi connectivity index (χ4n) is 4.87. The number of carboxylic acid groups (broad SMARTS) is 2. The SMILES string of the molecule is O=C(O)CC(C(=O)O)C1CNCCc2c1ccc(Cl)c2NCc1ccc(C(=O)NCc2ccc(F)c(F)c2)cc1. The first-order valence-corrected chi connectivity index (χ1v) is 13.0. The number of carboxylic acids is 2. The van der Waals surface area contributed by atoms with Crippen LogP contribution >= 0.6 is 11.6 Å². The van der Waals surface area contributed by atoms with Crippen LogP contribution in [-0.2, 0) is 29.1 Å². The van der Waals surface area contributed by atoms with Crippen molar-refractivity contribution in [3.63, 3.8) is 0 Å². The zero-order valence-electron chi connectivity index (χ0n) is 21.3. The lowest BCUT2D eigenvalue weighted by Crippen LogP contribution is -2.31. The van der Waals surface area contributed by atoms with E-state index in [0.717, 1.165) is 28.8 Å². The summed E-state index contributed by atoms with van der Waals surface area (Å²) < 4.78 is 26.5. The second kappa shape index (κ2) is 12.9. The van der Waals surface area contributed by atoms with Gasteiger partial charge in [-0.15, -0.1) is 0 Å². The van der Waals surface area contributed by atoms with E-state index >= 15 is 0 Å². The van der Waals surface area contributed by atoms with Gasteiger partial charge in [-0.05, 0) is 65.6 Å². The number of rotatable bonds is 10. The van der Waals surface area contributed by atoms with Gasteiger partial charge in [0.2, 0.25) is 0 Å². The van der Waals surface area contributed by atoms with Gasteiger partial charge in [0.15, 0.2) is 11.6 Å². The monoisotopic (exact) mass is 571 g/mol. The van der Waals surface area contributed by atoms with Crippen LogP contribution in [0.1, 0.15) is 45.0 Å². The van der Waals surface area contributed by atoms with Crippen molar-refractivity contribution in [2.45, 2.75) is 31.8 Å². The highest BCUT2D eigenvalue weighted by Crippen LogP contribution is 2.38. The fraction of sp³-hybridized carbons (Fsp3) is 0.276. The normalized spacial score (nSPS) is 15.4. The van der Waals surface area contributed by atoms with Crippen LogP contribution in [0.4, 0.5) is 14.5 Å². The van der Waals surface area contributed by atoms with E-state index in [2.05, 4.69) is 16.0 Å². The standard InChI is InChI=1S/C29H28ClF2N3O5/c30-23-7-6-19-20(9-10-33-15-22(19)21(29(39)40)12-26(36)37)27(23)34-13-16-1-4-18(5-2-16)28(38)35-14-17-3-8-24(31)25(32)11-17/h1-8,11,21-22,33-34H,9-10,12-15H2,(H,35,38)(H,36,37)(H,39,40). The molecule has 3 aromatic carbocycles. The van der Waals surface area contributed by atoms with Crippen LogP contribution < -0.4 is 16.0 Å². The van der Waals surface area contributed by atoms with Gasteiger partial charge in [-0.1, -0.05) is 35.9 Å². The number of nitrogens with one attached hydrogen (secondary N) is 3. The molecule has 1 aliphatic rings. The molecule has 0 fully saturated rings. The van der Waals surface area contributed by atoms with E-state index in [0.29, 0.717) is 47.9 Å². The molecule has 1 heterocycles. The lowest BCUT2D eigenvalue weighted by atomic mass is 9.81. The maximum Gasteiger partial charge on any atom is 0.307 e. The number of hydrogen-bond acceptors (Lipinski definition) is 5. The maximum atomic E-state index is 13.4. The Balaban J connectivity index is 1.46. The van der Waals surface area contributed by atoms with Crippen LogP contribution in [0.15, 0.2) is 54.6 Å². The average Bonchev–Trinajstić information content (AvgIpc) is 3.14. The second-order valence-corrected chi connectivity index (χ2v) is 9.98. The number of fused-ring (bicyclic) bond motifs is 1. The van der Waals surface area contributed by atoms with Crippen LogP contribution in [0.25, 0.3) is 0 Å². The Labute approximate surface area is 234 Å². The molecule has 0 aromatic heterocycles. The van der Waals surface area contributed by atoms with Crippen molar-refractivity contribution in [1.29, 1.82) is 0 Å². The Hall–Kier alpha value is -4.02. The molecule has 0 spiro atoms. The molecule has 11 heteroatoms. The summed E-state index contributed by atoms with van der Waals surface area (Å²) in [5.74, 6) is -6.29. The molecule has 0 radical (unpaired) electrons. The number of carbonyl (C=O) groups is 3. The quantitative estimate of drug-likeness (QED) is 0.241. The lowest BCUT2D eigenvalue weighted by Gasteiger charge is -2.25. The molecule has 0 aliphatic carbocycles. The van der Waals surface area contributed by atoms with E-state index in [-0.39, 0.29) is 12.5 Å². The van der Waals surface area contributed by atoms with Crippen LogP contribution in [0, 0.1) is 17.6 Å². The van der Waals surface area contributed by atoms with Crippen LogP contribution in [-0.4, -0.2) is 41.1 Å². The molecular formula is C29H28ClF2N3O5. The smallest absolute Gasteiger partial charge is 0.307 e. The highest BCUT2D eigenvalue weighted by Gasteiger charge is 2.34. The zero-order chi connectivity index (χ0) is 28.8. The minimum absolute atomic E-state index is 0.0437. The summed E-state index contributed by atoms with van der Waals surface area (Å²) in [6.07, 6.45) is 0.0818. The second-order valence-electron chi connectivity index (χ2n) is 9.57. The Morgan fingerprint density at radius 2 is 1.70 bits per heavy atom. The molecule has 2 atom stereocenters. The molecular weight excluding hydrogens is 544 g/mol. The molecule has 210 valence electrons. The molecule has 1 amide bonds. The summed E-state index contributed by atoms with van der Waals surface area (Å²) in [5.41, 5.74) is 3.92. The predicted octanol–water partition coefficient (Wildman–Crippen LogP) is 4.57. The van der Waals surface area contributed by atoms with Gasteiger partial charge in [0.25, 0.3) is 5.91 Å². The van der Waals surface area contributed by atoms with Crippen molar-refractivity contribution < 1.29 is 33.4 Å². The summed E-state index contributed by atoms with van der Waals surface area (Å²) >= 11 is 6.53. The number of halogens is 3. The minimum Gasteiger partial charge on any atom is -0.481 e. The first kappa shape index (κ1) is 29.0. The maximum absolute atomic E-state index is 13.4. The number of carbonyl (C=O) groups excluding carboxylic acids is 1. The first-order chi connectivity index (χ1) is 19.1. The molecule has 5 N–H and O–H groups in total. The molecule has 1 aliphatic heterocycles. The third-order valence-electron chi connectivity index (χ3n) is 6.93. The Bertz CT molecular complexity index is 1420.